The molecule has 7 heteroatoms. The zero-order valence-electron chi connectivity index (χ0n) is 14.5. The highest BCUT2D eigenvalue weighted by Gasteiger charge is 2.26. The number of anilines is 2. The Morgan fingerprint density at radius 2 is 1.96 bits per heavy atom. The van der Waals surface area contributed by atoms with Crippen LogP contribution >= 0.6 is 27.5 Å². The smallest absolute Gasteiger partial charge is 0.228 e. The first kappa shape index (κ1) is 18.2. The number of hydrogen-bond donors (Lipinski definition) is 1. The number of rotatable bonds is 3. The van der Waals surface area contributed by atoms with Crippen LogP contribution in [0.4, 0.5) is 11.6 Å². The third kappa shape index (κ3) is 4.06. The fourth-order valence-corrected chi connectivity index (χ4v) is 3.85. The Labute approximate surface area is 170 Å². The van der Waals surface area contributed by atoms with E-state index in [0.29, 0.717) is 11.0 Å². The Balaban J connectivity index is 1.41. The number of amides is 1. The Morgan fingerprint density at radius 3 is 2.70 bits per heavy atom. The van der Waals surface area contributed by atoms with Gasteiger partial charge in [0.2, 0.25) is 5.91 Å². The van der Waals surface area contributed by atoms with E-state index in [1.165, 1.54) is 0 Å². The van der Waals surface area contributed by atoms with Crippen molar-refractivity contribution in [2.45, 2.75) is 12.8 Å². The number of aromatic nitrogens is 2. The monoisotopic (exact) mass is 444 g/mol. The van der Waals surface area contributed by atoms with E-state index in [1.807, 2.05) is 30.3 Å². The lowest BCUT2D eigenvalue weighted by Crippen LogP contribution is -2.38. The molecule has 1 aromatic carbocycles. The molecular weight excluding hydrogens is 428 g/mol. The molecule has 1 N–H and O–H groups in total. The van der Waals surface area contributed by atoms with Crippen LogP contribution < -0.4 is 10.2 Å². The van der Waals surface area contributed by atoms with Crippen LogP contribution in [0.2, 0.25) is 5.15 Å². The highest BCUT2D eigenvalue weighted by molar-refractivity contribution is 9.10. The van der Waals surface area contributed by atoms with E-state index in [-0.39, 0.29) is 11.8 Å². The molecule has 0 radical (unpaired) electrons. The lowest BCUT2D eigenvalue weighted by molar-refractivity contribution is -0.120. The van der Waals surface area contributed by atoms with Gasteiger partial charge in [0.25, 0.3) is 0 Å². The van der Waals surface area contributed by atoms with Gasteiger partial charge in [-0.3, -0.25) is 4.79 Å². The number of benzene rings is 1. The second-order valence-electron chi connectivity index (χ2n) is 6.60. The molecule has 0 spiro atoms. The summed E-state index contributed by atoms with van der Waals surface area (Å²) >= 11 is 9.69. The summed E-state index contributed by atoms with van der Waals surface area (Å²) in [5.74, 6) is 1.44. The quantitative estimate of drug-likeness (QED) is 0.583. The van der Waals surface area contributed by atoms with Gasteiger partial charge in [-0.2, -0.15) is 0 Å². The van der Waals surface area contributed by atoms with E-state index in [4.69, 9.17) is 11.6 Å². The second-order valence-corrected chi connectivity index (χ2v) is 7.88. The standard InChI is InChI=1S/C20H18BrClN4O/c21-15-5-6-17(23-12-15)24-20(27)13-7-9-26(10-8-13)18-11-14-3-1-2-4-16(14)19(22)25-18/h1-6,11-13H,7-10H2,(H,23,24,27). The van der Waals surface area contributed by atoms with Gasteiger partial charge in [0.1, 0.15) is 16.8 Å². The minimum absolute atomic E-state index is 0.0222. The largest absolute Gasteiger partial charge is 0.357 e. The topological polar surface area (TPSA) is 58.1 Å². The summed E-state index contributed by atoms with van der Waals surface area (Å²) in [5, 5.41) is 5.45. The number of pyridine rings is 2. The molecule has 1 fully saturated rings. The van der Waals surface area contributed by atoms with Gasteiger partial charge < -0.3 is 10.2 Å². The summed E-state index contributed by atoms with van der Waals surface area (Å²) in [5.41, 5.74) is 0. The number of fused-ring (bicyclic) bond motifs is 1. The SMILES string of the molecule is O=C(Nc1ccc(Br)cn1)C1CCN(c2cc3ccccc3c(Cl)n2)CC1. The summed E-state index contributed by atoms with van der Waals surface area (Å²) in [7, 11) is 0. The molecule has 5 nitrogen and oxygen atoms in total. The van der Waals surface area contributed by atoms with Crippen molar-refractivity contribution in [1.29, 1.82) is 0 Å². The van der Waals surface area contributed by atoms with Crippen molar-refractivity contribution in [3.05, 3.63) is 58.3 Å². The van der Waals surface area contributed by atoms with Crippen LogP contribution in [0.25, 0.3) is 10.8 Å². The molecule has 3 aromatic rings. The lowest BCUT2D eigenvalue weighted by Gasteiger charge is -2.32. The molecule has 138 valence electrons. The molecule has 27 heavy (non-hydrogen) atoms. The molecule has 0 saturated carbocycles. The first-order chi connectivity index (χ1) is 13.1. The highest BCUT2D eigenvalue weighted by atomic mass is 79.9. The third-order valence-electron chi connectivity index (χ3n) is 4.85. The van der Waals surface area contributed by atoms with Gasteiger partial charge in [0.15, 0.2) is 0 Å². The van der Waals surface area contributed by atoms with E-state index in [2.05, 4.69) is 42.2 Å². The van der Waals surface area contributed by atoms with Crippen LogP contribution in [0.3, 0.4) is 0 Å². The Hall–Kier alpha value is -2.18. The van der Waals surface area contributed by atoms with Gasteiger partial charge in [0, 0.05) is 35.1 Å². The van der Waals surface area contributed by atoms with Crippen molar-refractivity contribution >= 4 is 55.8 Å². The van der Waals surface area contributed by atoms with Crippen molar-refractivity contribution in [2.24, 2.45) is 5.92 Å². The molecule has 1 aliphatic rings. The third-order valence-corrected chi connectivity index (χ3v) is 5.61. The maximum absolute atomic E-state index is 12.5. The van der Waals surface area contributed by atoms with Crippen LogP contribution in [0, 0.1) is 5.92 Å². The van der Waals surface area contributed by atoms with E-state index >= 15 is 0 Å². The van der Waals surface area contributed by atoms with Gasteiger partial charge in [0.05, 0.1) is 0 Å². The molecule has 1 saturated heterocycles. The molecule has 0 unspecified atom stereocenters. The molecule has 0 bridgehead atoms. The first-order valence-electron chi connectivity index (χ1n) is 8.83. The van der Waals surface area contributed by atoms with Crippen molar-refractivity contribution in [1.82, 2.24) is 9.97 Å². The van der Waals surface area contributed by atoms with Crippen LogP contribution in [-0.2, 0) is 4.79 Å². The molecule has 1 amide bonds. The summed E-state index contributed by atoms with van der Waals surface area (Å²) in [6.45, 7) is 1.54. The normalized spacial score (nSPS) is 15.1. The fraction of sp³-hybridized carbons (Fsp3) is 0.250. The molecule has 0 atom stereocenters. The van der Waals surface area contributed by atoms with Gasteiger partial charge in [-0.15, -0.1) is 0 Å². The van der Waals surface area contributed by atoms with Crippen molar-refractivity contribution in [2.75, 3.05) is 23.3 Å². The van der Waals surface area contributed by atoms with E-state index < -0.39 is 0 Å². The van der Waals surface area contributed by atoms with Crippen molar-refractivity contribution < 1.29 is 4.79 Å². The molecule has 0 aliphatic carbocycles. The Kier molecular flexibility index (Phi) is 5.27. The summed E-state index contributed by atoms with van der Waals surface area (Å²) in [6, 6.07) is 13.7. The number of nitrogens with zero attached hydrogens (tertiary/aromatic N) is 3. The van der Waals surface area contributed by atoms with Crippen molar-refractivity contribution in [3.8, 4) is 0 Å². The van der Waals surface area contributed by atoms with Gasteiger partial charge in [-0.25, -0.2) is 9.97 Å². The summed E-state index contributed by atoms with van der Waals surface area (Å²) in [6.07, 6.45) is 3.22. The molecule has 1 aliphatic heterocycles. The average Bonchev–Trinajstić information content (AvgIpc) is 2.70. The number of halogens is 2. The summed E-state index contributed by atoms with van der Waals surface area (Å²) in [4.78, 5) is 23.4. The highest BCUT2D eigenvalue weighted by Crippen LogP contribution is 2.29. The minimum Gasteiger partial charge on any atom is -0.357 e. The number of piperidine rings is 1. The number of hydrogen-bond acceptors (Lipinski definition) is 4. The molecule has 4 rings (SSSR count). The van der Waals surface area contributed by atoms with Crippen molar-refractivity contribution in [3.63, 3.8) is 0 Å². The molecule has 2 aromatic heterocycles. The Bertz CT molecular complexity index is 971. The predicted molar refractivity (Wildman–Crippen MR) is 112 cm³/mol. The van der Waals surface area contributed by atoms with E-state index in [0.717, 1.165) is 47.0 Å². The number of carbonyl (C=O) groups is 1. The molecular formula is C20H18BrClN4O. The van der Waals surface area contributed by atoms with E-state index in [9.17, 15) is 4.79 Å². The van der Waals surface area contributed by atoms with Crippen LogP contribution in [0.1, 0.15) is 12.8 Å². The van der Waals surface area contributed by atoms with Gasteiger partial charge >= 0.3 is 0 Å². The number of carbonyl (C=O) groups excluding carboxylic acids is 1. The first-order valence-corrected chi connectivity index (χ1v) is 10.00. The zero-order chi connectivity index (χ0) is 18.8. The number of nitrogens with one attached hydrogen (secondary N) is 1. The van der Waals surface area contributed by atoms with Gasteiger partial charge in [-0.1, -0.05) is 35.9 Å². The maximum atomic E-state index is 12.5. The maximum Gasteiger partial charge on any atom is 0.228 e. The van der Waals surface area contributed by atoms with E-state index in [1.54, 1.807) is 12.3 Å². The molecule has 3 heterocycles. The summed E-state index contributed by atoms with van der Waals surface area (Å²) < 4.78 is 0.885. The lowest BCUT2D eigenvalue weighted by atomic mass is 9.96. The fourth-order valence-electron chi connectivity index (χ4n) is 3.35. The average molecular weight is 446 g/mol. The van der Waals surface area contributed by atoms with Crippen LogP contribution in [0.5, 0.6) is 0 Å². The van der Waals surface area contributed by atoms with Crippen LogP contribution in [0.15, 0.2) is 53.1 Å². The second kappa shape index (κ2) is 7.82. The minimum atomic E-state index is -0.0253. The zero-order valence-corrected chi connectivity index (χ0v) is 16.9. The predicted octanol–water partition coefficient (Wildman–Crippen LogP) is 4.90. The van der Waals surface area contributed by atoms with Crippen LogP contribution in [-0.4, -0.2) is 29.0 Å². The Morgan fingerprint density at radius 1 is 1.19 bits per heavy atom. The van der Waals surface area contributed by atoms with Gasteiger partial charge in [-0.05, 0) is 52.4 Å².